The molecule has 0 spiro atoms. The highest BCUT2D eigenvalue weighted by atomic mass is 32.2. The van der Waals surface area contributed by atoms with E-state index >= 15 is 0 Å². The maximum absolute atomic E-state index is 13.2. The Bertz CT molecular complexity index is 1630. The predicted molar refractivity (Wildman–Crippen MR) is 169 cm³/mol. The quantitative estimate of drug-likeness (QED) is 0.197. The van der Waals surface area contributed by atoms with Crippen molar-refractivity contribution in [2.24, 2.45) is 4.99 Å². The van der Waals surface area contributed by atoms with Crippen molar-refractivity contribution < 1.29 is 22.7 Å². The Morgan fingerprint density at radius 2 is 1.77 bits per heavy atom. The van der Waals surface area contributed by atoms with E-state index in [4.69, 9.17) is 0 Å². The number of anilines is 1. The van der Waals surface area contributed by atoms with Crippen LogP contribution in [0, 0.1) is 6.92 Å². The summed E-state index contributed by atoms with van der Waals surface area (Å²) in [6, 6.07) is 19.4. The highest BCUT2D eigenvalue weighted by Gasteiger charge is 2.31. The van der Waals surface area contributed by atoms with Crippen LogP contribution in [0.25, 0.3) is 17.1 Å². The standard InChI is InChI=1S/C33H34F3N5O2S/c1-21(2)30-22(3)7-5-8-28(30)40-17-6-18-44-32(40)38-29(42)19-23(4)24-9-11-25(12-10-24)31-37-20-41(39-31)26-13-15-27(16-14-26)43-33(34,35)36/h5,7-16,20-21,23H,6,17-19H2,1-4H3. The first kappa shape index (κ1) is 31.3. The fourth-order valence-corrected chi connectivity index (χ4v) is 6.31. The van der Waals surface area contributed by atoms with Crippen molar-refractivity contribution in [3.63, 3.8) is 0 Å². The van der Waals surface area contributed by atoms with Crippen LogP contribution in [0.2, 0.25) is 0 Å². The molecule has 4 aromatic rings. The number of benzene rings is 3. The summed E-state index contributed by atoms with van der Waals surface area (Å²) in [5, 5.41) is 5.23. The number of carbonyl (C=O) groups is 1. The average molecular weight is 622 g/mol. The van der Waals surface area contributed by atoms with Gasteiger partial charge in [0.15, 0.2) is 11.0 Å². The molecule has 2 heterocycles. The largest absolute Gasteiger partial charge is 0.573 e. The minimum Gasteiger partial charge on any atom is -0.406 e. The summed E-state index contributed by atoms with van der Waals surface area (Å²) in [6.45, 7) is 9.36. The zero-order valence-corrected chi connectivity index (χ0v) is 25.8. The fourth-order valence-electron chi connectivity index (χ4n) is 5.34. The molecular formula is C33H34F3N5O2S. The second-order valence-corrected chi connectivity index (χ2v) is 12.1. The van der Waals surface area contributed by atoms with Crippen LogP contribution in [-0.4, -0.2) is 44.5 Å². The van der Waals surface area contributed by atoms with Crippen molar-refractivity contribution >= 4 is 28.5 Å². The van der Waals surface area contributed by atoms with Crippen molar-refractivity contribution in [2.75, 3.05) is 17.2 Å². The lowest BCUT2D eigenvalue weighted by atomic mass is 9.95. The third kappa shape index (κ3) is 7.50. The van der Waals surface area contributed by atoms with Gasteiger partial charge >= 0.3 is 6.36 Å². The lowest BCUT2D eigenvalue weighted by Gasteiger charge is -2.32. The third-order valence-corrected chi connectivity index (χ3v) is 8.49. The molecule has 230 valence electrons. The number of halogens is 3. The number of ether oxygens (including phenoxy) is 1. The molecule has 1 aliphatic heterocycles. The van der Waals surface area contributed by atoms with E-state index in [1.165, 1.54) is 46.4 Å². The number of thioether (sulfide) groups is 1. The van der Waals surface area contributed by atoms with Crippen molar-refractivity contribution in [2.45, 2.75) is 58.7 Å². The zero-order chi connectivity index (χ0) is 31.4. The molecule has 1 amide bonds. The van der Waals surface area contributed by atoms with Gasteiger partial charge in [-0.25, -0.2) is 9.67 Å². The van der Waals surface area contributed by atoms with Gasteiger partial charge in [-0.3, -0.25) is 4.79 Å². The van der Waals surface area contributed by atoms with Crippen LogP contribution in [0.15, 0.2) is 78.0 Å². The summed E-state index contributed by atoms with van der Waals surface area (Å²) in [5.41, 5.74) is 5.97. The van der Waals surface area contributed by atoms with E-state index in [2.05, 4.69) is 63.7 Å². The molecule has 1 aromatic heterocycles. The Morgan fingerprint density at radius 3 is 2.45 bits per heavy atom. The number of nitrogens with zero attached hydrogens (tertiary/aromatic N) is 5. The number of aliphatic imine (C=N–C) groups is 1. The molecule has 0 aliphatic carbocycles. The summed E-state index contributed by atoms with van der Waals surface area (Å²) in [5.74, 6) is 1.25. The second kappa shape index (κ2) is 13.3. The summed E-state index contributed by atoms with van der Waals surface area (Å²) in [4.78, 5) is 24.3. The van der Waals surface area contributed by atoms with Gasteiger partial charge < -0.3 is 9.64 Å². The molecule has 1 saturated heterocycles. The fraction of sp³-hybridized carbons (Fsp3) is 0.333. The Labute approximate surface area is 259 Å². The predicted octanol–water partition coefficient (Wildman–Crippen LogP) is 8.28. The molecule has 7 nitrogen and oxygen atoms in total. The molecule has 1 atom stereocenters. The van der Waals surface area contributed by atoms with Gasteiger partial charge in [0, 0.05) is 30.0 Å². The summed E-state index contributed by atoms with van der Waals surface area (Å²) in [6.07, 6.45) is -1.94. The van der Waals surface area contributed by atoms with Gasteiger partial charge in [0.25, 0.3) is 0 Å². The first-order valence-electron chi connectivity index (χ1n) is 14.5. The van der Waals surface area contributed by atoms with Gasteiger partial charge in [0.2, 0.25) is 5.91 Å². The van der Waals surface area contributed by atoms with Gasteiger partial charge in [-0.1, -0.05) is 68.9 Å². The first-order valence-corrected chi connectivity index (χ1v) is 15.5. The minimum absolute atomic E-state index is 0.0453. The van der Waals surface area contributed by atoms with Gasteiger partial charge in [-0.2, -0.15) is 4.99 Å². The maximum atomic E-state index is 13.2. The Balaban J connectivity index is 1.25. The second-order valence-electron chi connectivity index (χ2n) is 11.1. The number of aryl methyl sites for hydroxylation is 1. The zero-order valence-electron chi connectivity index (χ0n) is 25.0. The number of rotatable bonds is 8. The molecule has 0 saturated carbocycles. The molecule has 3 aromatic carbocycles. The topological polar surface area (TPSA) is 72.6 Å². The molecular weight excluding hydrogens is 587 g/mol. The van der Waals surface area contributed by atoms with Crippen molar-refractivity contribution in [1.82, 2.24) is 14.8 Å². The first-order chi connectivity index (χ1) is 21.0. The summed E-state index contributed by atoms with van der Waals surface area (Å²) in [7, 11) is 0. The molecule has 0 bridgehead atoms. The lowest BCUT2D eigenvalue weighted by Crippen LogP contribution is -2.35. The van der Waals surface area contributed by atoms with Crippen LogP contribution in [-0.2, 0) is 4.79 Å². The normalized spacial score (nSPS) is 15.5. The number of amides is 1. The minimum atomic E-state index is -4.75. The number of amidine groups is 1. The van der Waals surface area contributed by atoms with Crippen molar-refractivity contribution in [3.8, 4) is 22.8 Å². The third-order valence-electron chi connectivity index (χ3n) is 7.42. The van der Waals surface area contributed by atoms with Crippen LogP contribution in [0.5, 0.6) is 5.75 Å². The maximum Gasteiger partial charge on any atom is 0.573 e. The van der Waals surface area contributed by atoms with Crippen molar-refractivity contribution in [1.29, 1.82) is 0 Å². The molecule has 1 aliphatic rings. The van der Waals surface area contributed by atoms with Gasteiger partial charge in [0.05, 0.1) is 5.69 Å². The molecule has 0 N–H and O–H groups in total. The molecule has 11 heteroatoms. The van der Waals surface area contributed by atoms with E-state index in [1.54, 1.807) is 11.8 Å². The van der Waals surface area contributed by atoms with Crippen LogP contribution in [0.1, 0.15) is 62.1 Å². The van der Waals surface area contributed by atoms with E-state index < -0.39 is 6.36 Å². The number of aromatic nitrogens is 3. The van der Waals surface area contributed by atoms with E-state index in [0.29, 0.717) is 17.4 Å². The van der Waals surface area contributed by atoms with Gasteiger partial charge in [0.1, 0.15) is 12.1 Å². The molecule has 44 heavy (non-hydrogen) atoms. The monoisotopic (exact) mass is 621 g/mol. The Kier molecular flexibility index (Phi) is 9.43. The van der Waals surface area contributed by atoms with E-state index in [-0.39, 0.29) is 24.0 Å². The van der Waals surface area contributed by atoms with Crippen LogP contribution in [0.4, 0.5) is 18.9 Å². The number of carbonyl (C=O) groups excluding carboxylic acids is 1. The van der Waals surface area contributed by atoms with E-state index in [9.17, 15) is 18.0 Å². The molecule has 1 unspecified atom stereocenters. The Hall–Kier alpha value is -4.12. The number of hydrogen-bond acceptors (Lipinski definition) is 5. The van der Waals surface area contributed by atoms with E-state index in [1.807, 2.05) is 31.2 Å². The SMILES string of the molecule is Cc1cccc(N2CCCSC2=NC(=O)CC(C)c2ccc(-c3ncn(-c4ccc(OC(F)(F)F)cc4)n3)cc2)c1C(C)C. The lowest BCUT2D eigenvalue weighted by molar-refractivity contribution is -0.274. The van der Waals surface area contributed by atoms with Crippen LogP contribution < -0.4 is 9.64 Å². The summed E-state index contributed by atoms with van der Waals surface area (Å²) >= 11 is 1.63. The summed E-state index contributed by atoms with van der Waals surface area (Å²) < 4.78 is 42.7. The number of alkyl halides is 3. The van der Waals surface area contributed by atoms with Gasteiger partial charge in [-0.15, -0.1) is 18.3 Å². The van der Waals surface area contributed by atoms with E-state index in [0.717, 1.165) is 40.7 Å². The average Bonchev–Trinajstić information content (AvgIpc) is 3.47. The van der Waals surface area contributed by atoms with Crippen LogP contribution >= 0.6 is 11.8 Å². The highest BCUT2D eigenvalue weighted by Crippen LogP contribution is 2.34. The highest BCUT2D eigenvalue weighted by molar-refractivity contribution is 8.14. The Morgan fingerprint density at radius 1 is 1.05 bits per heavy atom. The molecule has 0 radical (unpaired) electrons. The van der Waals surface area contributed by atoms with Crippen molar-refractivity contribution in [3.05, 3.63) is 89.7 Å². The van der Waals surface area contributed by atoms with Crippen LogP contribution in [0.3, 0.4) is 0 Å². The smallest absolute Gasteiger partial charge is 0.406 e. The molecule has 5 rings (SSSR count). The van der Waals surface area contributed by atoms with Gasteiger partial charge in [-0.05, 0) is 72.2 Å². The number of hydrogen-bond donors (Lipinski definition) is 0. The molecule has 1 fully saturated rings.